The van der Waals surface area contributed by atoms with Crippen molar-refractivity contribution in [2.75, 3.05) is 0 Å². The summed E-state index contributed by atoms with van der Waals surface area (Å²) < 4.78 is 0. The first kappa shape index (κ1) is 11.4. The van der Waals surface area contributed by atoms with Crippen molar-refractivity contribution < 1.29 is 0 Å². The second-order valence-electron chi connectivity index (χ2n) is 4.01. The fourth-order valence-electron chi connectivity index (χ4n) is 1.73. The van der Waals surface area contributed by atoms with Crippen molar-refractivity contribution in [2.24, 2.45) is 5.73 Å². The van der Waals surface area contributed by atoms with Crippen molar-refractivity contribution >= 4 is 0 Å². The average molecular weight is 222 g/mol. The van der Waals surface area contributed by atoms with Crippen molar-refractivity contribution in [1.29, 1.82) is 5.26 Å². The number of hydrogen-bond acceptors (Lipinski definition) is 2. The molecule has 2 aromatic carbocycles. The van der Waals surface area contributed by atoms with Gasteiger partial charge in [-0.25, -0.2) is 0 Å². The van der Waals surface area contributed by atoms with Crippen molar-refractivity contribution in [3.63, 3.8) is 0 Å². The van der Waals surface area contributed by atoms with Gasteiger partial charge in [-0.05, 0) is 35.2 Å². The van der Waals surface area contributed by atoms with Gasteiger partial charge in [0.15, 0.2) is 0 Å². The summed E-state index contributed by atoms with van der Waals surface area (Å²) in [5.41, 5.74) is 9.87. The van der Waals surface area contributed by atoms with Crippen LogP contribution < -0.4 is 5.73 Å². The number of nitrogens with two attached hydrogens (primary N) is 1. The Labute approximate surface area is 101 Å². The first-order chi connectivity index (χ1) is 8.31. The fraction of sp³-hybridized carbons (Fsp3) is 0.133. The van der Waals surface area contributed by atoms with Crippen LogP contribution in [0.25, 0.3) is 0 Å². The van der Waals surface area contributed by atoms with Crippen LogP contribution in [0.15, 0.2) is 48.5 Å². The zero-order valence-corrected chi connectivity index (χ0v) is 9.56. The van der Waals surface area contributed by atoms with Crippen LogP contribution in [0.4, 0.5) is 0 Å². The van der Waals surface area contributed by atoms with E-state index in [-0.39, 0.29) is 0 Å². The summed E-state index contributed by atoms with van der Waals surface area (Å²) in [7, 11) is 0. The first-order valence-electron chi connectivity index (χ1n) is 5.59. The third-order valence-corrected chi connectivity index (χ3v) is 2.75. The summed E-state index contributed by atoms with van der Waals surface area (Å²) in [4.78, 5) is 0. The van der Waals surface area contributed by atoms with Crippen LogP contribution in [0, 0.1) is 11.3 Å². The molecule has 0 saturated heterocycles. The monoisotopic (exact) mass is 222 g/mol. The molecule has 0 aliphatic rings. The quantitative estimate of drug-likeness (QED) is 0.867. The Balaban J connectivity index is 2.11. The average Bonchev–Trinajstić information content (AvgIpc) is 2.40. The van der Waals surface area contributed by atoms with Crippen LogP contribution in [0.1, 0.15) is 22.3 Å². The summed E-state index contributed by atoms with van der Waals surface area (Å²) in [5.74, 6) is 0. The van der Waals surface area contributed by atoms with Gasteiger partial charge in [0.1, 0.15) is 0 Å². The van der Waals surface area contributed by atoms with Gasteiger partial charge in [-0.1, -0.05) is 36.4 Å². The van der Waals surface area contributed by atoms with Gasteiger partial charge < -0.3 is 5.73 Å². The molecule has 2 aromatic rings. The molecule has 0 aliphatic carbocycles. The van der Waals surface area contributed by atoms with Crippen molar-refractivity contribution in [2.45, 2.75) is 13.0 Å². The Morgan fingerprint density at radius 1 is 0.824 bits per heavy atom. The highest BCUT2D eigenvalue weighted by Gasteiger charge is 1.97. The minimum Gasteiger partial charge on any atom is -0.326 e. The third kappa shape index (κ3) is 2.93. The lowest BCUT2D eigenvalue weighted by Gasteiger charge is -2.03. The maximum atomic E-state index is 8.71. The molecular weight excluding hydrogens is 208 g/mol. The normalized spacial score (nSPS) is 9.88. The van der Waals surface area contributed by atoms with E-state index in [9.17, 15) is 0 Å². The highest BCUT2D eigenvalue weighted by atomic mass is 14.5. The molecular formula is C15H14N2. The van der Waals surface area contributed by atoms with Gasteiger partial charge in [0.05, 0.1) is 11.6 Å². The third-order valence-electron chi connectivity index (χ3n) is 2.75. The van der Waals surface area contributed by atoms with Gasteiger partial charge in [-0.2, -0.15) is 5.26 Å². The van der Waals surface area contributed by atoms with E-state index in [0.29, 0.717) is 12.1 Å². The Morgan fingerprint density at radius 2 is 1.29 bits per heavy atom. The molecule has 0 atom stereocenters. The minimum atomic E-state index is 0.581. The van der Waals surface area contributed by atoms with Gasteiger partial charge in [0, 0.05) is 6.54 Å². The van der Waals surface area contributed by atoms with Crippen LogP contribution in [-0.4, -0.2) is 0 Å². The van der Waals surface area contributed by atoms with E-state index in [4.69, 9.17) is 11.0 Å². The number of hydrogen-bond donors (Lipinski definition) is 1. The van der Waals surface area contributed by atoms with E-state index >= 15 is 0 Å². The first-order valence-corrected chi connectivity index (χ1v) is 5.59. The second-order valence-corrected chi connectivity index (χ2v) is 4.01. The SMILES string of the molecule is N#Cc1ccc(Cc2ccc(CN)cc2)cc1. The zero-order valence-electron chi connectivity index (χ0n) is 9.56. The molecule has 0 radical (unpaired) electrons. The highest BCUT2D eigenvalue weighted by molar-refractivity contribution is 5.34. The standard InChI is InChI=1S/C15H14N2/c16-10-14-5-1-12(2-6-14)9-13-3-7-15(11-17)8-4-13/h1-8H,9-10,16H2. The number of nitrogens with zero attached hydrogens (tertiary/aromatic N) is 1. The Hall–Kier alpha value is -2.11. The van der Waals surface area contributed by atoms with Crippen LogP contribution in [0.5, 0.6) is 0 Å². The van der Waals surface area contributed by atoms with E-state index < -0.39 is 0 Å². The molecule has 0 unspecified atom stereocenters. The van der Waals surface area contributed by atoms with Gasteiger partial charge in [0.25, 0.3) is 0 Å². The summed E-state index contributed by atoms with van der Waals surface area (Å²) in [6.07, 6.45) is 0.885. The number of benzene rings is 2. The lowest BCUT2D eigenvalue weighted by atomic mass is 10.0. The Kier molecular flexibility index (Phi) is 3.54. The zero-order chi connectivity index (χ0) is 12.1. The molecule has 0 saturated carbocycles. The van der Waals surface area contributed by atoms with Crippen LogP contribution in [0.3, 0.4) is 0 Å². The second kappa shape index (κ2) is 5.29. The smallest absolute Gasteiger partial charge is 0.0991 e. The Morgan fingerprint density at radius 3 is 1.76 bits per heavy atom. The predicted octanol–water partition coefficient (Wildman–Crippen LogP) is 2.61. The lowest BCUT2D eigenvalue weighted by molar-refractivity contribution is 1.06. The highest BCUT2D eigenvalue weighted by Crippen LogP contribution is 2.11. The van der Waals surface area contributed by atoms with E-state index in [1.54, 1.807) is 0 Å². The molecule has 2 nitrogen and oxygen atoms in total. The Bertz CT molecular complexity index is 518. The summed E-state index contributed by atoms with van der Waals surface area (Å²) in [6, 6.07) is 18.1. The van der Waals surface area contributed by atoms with Gasteiger partial charge in [-0.15, -0.1) is 0 Å². The minimum absolute atomic E-state index is 0.581. The van der Waals surface area contributed by atoms with Crippen molar-refractivity contribution in [3.05, 3.63) is 70.8 Å². The van der Waals surface area contributed by atoms with Crippen LogP contribution >= 0.6 is 0 Å². The summed E-state index contributed by atoms with van der Waals surface area (Å²) in [6.45, 7) is 0.581. The van der Waals surface area contributed by atoms with E-state index in [0.717, 1.165) is 12.0 Å². The molecule has 84 valence electrons. The maximum Gasteiger partial charge on any atom is 0.0991 e. The fourth-order valence-corrected chi connectivity index (χ4v) is 1.73. The molecule has 0 bridgehead atoms. The summed E-state index contributed by atoms with van der Waals surface area (Å²) >= 11 is 0. The molecule has 2 rings (SSSR count). The lowest BCUT2D eigenvalue weighted by Crippen LogP contribution is -1.96. The molecule has 0 aliphatic heterocycles. The summed E-state index contributed by atoms with van der Waals surface area (Å²) in [5, 5.41) is 8.71. The molecule has 2 heteroatoms. The number of rotatable bonds is 3. The largest absolute Gasteiger partial charge is 0.326 e. The predicted molar refractivity (Wildman–Crippen MR) is 68.3 cm³/mol. The van der Waals surface area contributed by atoms with E-state index in [1.807, 2.05) is 24.3 Å². The number of nitriles is 1. The topological polar surface area (TPSA) is 49.8 Å². The van der Waals surface area contributed by atoms with Gasteiger partial charge >= 0.3 is 0 Å². The molecule has 0 spiro atoms. The van der Waals surface area contributed by atoms with E-state index in [2.05, 4.69) is 30.3 Å². The van der Waals surface area contributed by atoms with Gasteiger partial charge in [-0.3, -0.25) is 0 Å². The van der Waals surface area contributed by atoms with Crippen molar-refractivity contribution in [3.8, 4) is 6.07 Å². The maximum absolute atomic E-state index is 8.71. The van der Waals surface area contributed by atoms with E-state index in [1.165, 1.54) is 11.1 Å². The molecule has 0 amide bonds. The van der Waals surface area contributed by atoms with Gasteiger partial charge in [0.2, 0.25) is 0 Å². The molecule has 0 aromatic heterocycles. The van der Waals surface area contributed by atoms with Crippen LogP contribution in [0.2, 0.25) is 0 Å². The molecule has 0 fully saturated rings. The molecule has 0 heterocycles. The molecule has 17 heavy (non-hydrogen) atoms. The molecule has 2 N–H and O–H groups in total. The van der Waals surface area contributed by atoms with Crippen molar-refractivity contribution in [1.82, 2.24) is 0 Å². The van der Waals surface area contributed by atoms with Crippen LogP contribution in [-0.2, 0) is 13.0 Å².